The summed E-state index contributed by atoms with van der Waals surface area (Å²) in [5.41, 5.74) is 2.85. The number of benzene rings is 1. The Bertz CT molecular complexity index is 877. The van der Waals surface area contributed by atoms with E-state index in [4.69, 9.17) is 14.0 Å². The molecule has 2 aromatic heterocycles. The van der Waals surface area contributed by atoms with Crippen LogP contribution in [0.5, 0.6) is 11.5 Å². The number of ether oxygens (including phenoxy) is 2. The van der Waals surface area contributed by atoms with Crippen molar-refractivity contribution in [2.75, 3.05) is 20.3 Å². The Hall–Kier alpha value is -2.51. The van der Waals surface area contributed by atoms with Gasteiger partial charge in [0.15, 0.2) is 17.3 Å². The molecule has 1 aliphatic heterocycles. The average Bonchev–Trinajstić information content (AvgIpc) is 3.30. The van der Waals surface area contributed by atoms with Crippen LogP contribution >= 0.6 is 12.4 Å². The summed E-state index contributed by atoms with van der Waals surface area (Å²) in [6.45, 7) is 3.22. The minimum absolute atomic E-state index is 0. The molecule has 0 radical (unpaired) electrons. The Morgan fingerprint density at radius 3 is 2.73 bits per heavy atom. The van der Waals surface area contributed by atoms with Gasteiger partial charge >= 0.3 is 0 Å². The van der Waals surface area contributed by atoms with Gasteiger partial charge in [-0.2, -0.15) is 4.98 Å². The molecule has 0 saturated carbocycles. The van der Waals surface area contributed by atoms with Gasteiger partial charge in [0.25, 0.3) is 5.89 Å². The molecule has 8 heteroatoms. The number of nitrogens with one attached hydrogen (secondary N) is 2. The van der Waals surface area contributed by atoms with Crippen molar-refractivity contribution in [3.63, 3.8) is 0 Å². The molecule has 0 spiro atoms. The minimum Gasteiger partial charge on any atom is -0.486 e. The average molecular weight is 377 g/mol. The first-order chi connectivity index (χ1) is 12.2. The van der Waals surface area contributed by atoms with Gasteiger partial charge in [-0.15, -0.1) is 12.4 Å². The minimum atomic E-state index is 0. The largest absolute Gasteiger partial charge is 0.486 e. The van der Waals surface area contributed by atoms with Gasteiger partial charge in [-0.3, -0.25) is 0 Å². The first-order valence-electron chi connectivity index (χ1n) is 8.31. The fourth-order valence-electron chi connectivity index (χ4n) is 2.81. The molecule has 26 heavy (non-hydrogen) atoms. The number of aromatic nitrogens is 3. The Morgan fingerprint density at radius 1 is 1.15 bits per heavy atom. The molecular weight excluding hydrogens is 356 g/mol. The summed E-state index contributed by atoms with van der Waals surface area (Å²) < 4.78 is 16.7. The third-order valence-corrected chi connectivity index (χ3v) is 4.28. The van der Waals surface area contributed by atoms with E-state index in [1.54, 1.807) is 0 Å². The summed E-state index contributed by atoms with van der Waals surface area (Å²) in [6, 6.07) is 6.19. The van der Waals surface area contributed by atoms with Crippen molar-refractivity contribution in [3.05, 3.63) is 36.4 Å². The van der Waals surface area contributed by atoms with E-state index in [0.29, 0.717) is 31.3 Å². The molecule has 0 saturated heterocycles. The number of H-pyrrole nitrogens is 1. The monoisotopic (exact) mass is 376 g/mol. The van der Waals surface area contributed by atoms with Gasteiger partial charge in [0.1, 0.15) is 13.2 Å². The first kappa shape index (κ1) is 18.3. The van der Waals surface area contributed by atoms with Gasteiger partial charge in [-0.25, -0.2) is 0 Å². The summed E-state index contributed by atoms with van der Waals surface area (Å²) in [6.07, 6.45) is 4.50. The summed E-state index contributed by atoms with van der Waals surface area (Å²) >= 11 is 0. The molecule has 1 aliphatic rings. The van der Waals surface area contributed by atoms with Crippen molar-refractivity contribution in [1.29, 1.82) is 0 Å². The van der Waals surface area contributed by atoms with Gasteiger partial charge in [0, 0.05) is 30.4 Å². The van der Waals surface area contributed by atoms with Crippen LogP contribution in [0.25, 0.3) is 22.6 Å². The highest BCUT2D eigenvalue weighted by molar-refractivity contribution is 5.85. The van der Waals surface area contributed by atoms with E-state index >= 15 is 0 Å². The molecule has 2 N–H and O–H groups in total. The smallest absolute Gasteiger partial charge is 0.260 e. The maximum Gasteiger partial charge on any atom is 0.260 e. The van der Waals surface area contributed by atoms with Crippen LogP contribution < -0.4 is 14.8 Å². The molecule has 0 bridgehead atoms. The van der Waals surface area contributed by atoms with E-state index in [1.807, 2.05) is 37.6 Å². The van der Waals surface area contributed by atoms with Crippen LogP contribution in [0.4, 0.5) is 0 Å². The zero-order valence-corrected chi connectivity index (χ0v) is 15.4. The molecule has 0 fully saturated rings. The van der Waals surface area contributed by atoms with E-state index in [0.717, 1.165) is 28.2 Å². The molecule has 3 aromatic rings. The predicted octanol–water partition coefficient (Wildman–Crippen LogP) is 3.08. The van der Waals surface area contributed by atoms with Crippen molar-refractivity contribution >= 4 is 12.4 Å². The highest BCUT2D eigenvalue weighted by atomic mass is 35.5. The quantitative estimate of drug-likeness (QED) is 0.711. The van der Waals surface area contributed by atoms with E-state index in [1.165, 1.54) is 0 Å². The predicted molar refractivity (Wildman–Crippen MR) is 100.0 cm³/mol. The second-order valence-electron chi connectivity index (χ2n) is 6.05. The SMILES string of the molecule is CNC(C)Cc1noc(-c2c[nH]cc2-c2ccc3c(c2)OCCO3)n1.Cl. The fraction of sp³-hybridized carbons (Fsp3) is 0.333. The van der Waals surface area contributed by atoms with Gasteiger partial charge in [-0.1, -0.05) is 11.2 Å². The third kappa shape index (κ3) is 3.54. The van der Waals surface area contributed by atoms with E-state index in [9.17, 15) is 0 Å². The highest BCUT2D eigenvalue weighted by Gasteiger charge is 2.18. The van der Waals surface area contributed by atoms with Crippen molar-refractivity contribution < 1.29 is 14.0 Å². The van der Waals surface area contributed by atoms with Gasteiger partial charge in [-0.05, 0) is 31.7 Å². The highest BCUT2D eigenvalue weighted by Crippen LogP contribution is 2.37. The summed E-state index contributed by atoms with van der Waals surface area (Å²) in [5.74, 6) is 2.72. The lowest BCUT2D eigenvalue weighted by Gasteiger charge is -2.18. The van der Waals surface area contributed by atoms with Crippen molar-refractivity contribution in [2.24, 2.45) is 0 Å². The zero-order chi connectivity index (χ0) is 17.2. The summed E-state index contributed by atoms with van der Waals surface area (Å²) in [5, 5.41) is 7.25. The van der Waals surface area contributed by atoms with Crippen LogP contribution in [0.15, 0.2) is 35.1 Å². The molecule has 4 rings (SSSR count). The van der Waals surface area contributed by atoms with Crippen molar-refractivity contribution in [3.8, 4) is 34.1 Å². The number of halogens is 1. The summed E-state index contributed by atoms with van der Waals surface area (Å²) in [7, 11) is 1.91. The molecule has 0 aliphatic carbocycles. The molecule has 1 atom stereocenters. The van der Waals surface area contributed by atoms with Crippen LogP contribution in [0.1, 0.15) is 12.7 Å². The number of fused-ring (bicyclic) bond motifs is 1. The molecule has 1 aromatic carbocycles. The second kappa shape index (κ2) is 7.80. The molecule has 1 unspecified atom stereocenters. The Kier molecular flexibility index (Phi) is 5.49. The maximum atomic E-state index is 5.67. The molecule has 3 heterocycles. The maximum absolute atomic E-state index is 5.67. The number of rotatable bonds is 5. The standard InChI is InChI=1S/C18H20N4O3.ClH/c1-11(19-2)7-17-21-18(25-22-17)14-10-20-9-13(14)12-3-4-15-16(8-12)24-6-5-23-15;/h3-4,8-11,19-20H,5-7H2,1-2H3;1H. The number of hydrogen-bond acceptors (Lipinski definition) is 6. The van der Waals surface area contributed by atoms with Crippen molar-refractivity contribution in [1.82, 2.24) is 20.4 Å². The lowest BCUT2D eigenvalue weighted by Crippen LogP contribution is -2.24. The van der Waals surface area contributed by atoms with Crippen LogP contribution in [0, 0.1) is 0 Å². The second-order valence-corrected chi connectivity index (χ2v) is 6.05. The normalized spacial score (nSPS) is 13.9. The fourth-order valence-corrected chi connectivity index (χ4v) is 2.81. The number of likely N-dealkylation sites (N-methyl/N-ethyl adjacent to an activating group) is 1. The number of hydrogen-bond donors (Lipinski definition) is 2. The topological polar surface area (TPSA) is 85.2 Å². The van der Waals surface area contributed by atoms with E-state index < -0.39 is 0 Å². The van der Waals surface area contributed by atoms with Gasteiger partial charge in [0.2, 0.25) is 0 Å². The first-order valence-corrected chi connectivity index (χ1v) is 8.31. The third-order valence-electron chi connectivity index (χ3n) is 4.28. The van der Waals surface area contributed by atoms with Crippen LogP contribution in [-0.4, -0.2) is 41.4 Å². The molecular formula is C18H21ClN4O3. The van der Waals surface area contributed by atoms with E-state index in [2.05, 4.69) is 27.4 Å². The van der Waals surface area contributed by atoms with Crippen molar-refractivity contribution in [2.45, 2.75) is 19.4 Å². The molecule has 7 nitrogen and oxygen atoms in total. The van der Waals surface area contributed by atoms with Crippen LogP contribution in [0.2, 0.25) is 0 Å². The number of nitrogens with zero attached hydrogens (tertiary/aromatic N) is 2. The van der Waals surface area contributed by atoms with E-state index in [-0.39, 0.29) is 18.4 Å². The van der Waals surface area contributed by atoms with Crippen LogP contribution in [-0.2, 0) is 6.42 Å². The summed E-state index contributed by atoms with van der Waals surface area (Å²) in [4.78, 5) is 7.64. The zero-order valence-electron chi connectivity index (χ0n) is 14.6. The Morgan fingerprint density at radius 2 is 1.92 bits per heavy atom. The lowest BCUT2D eigenvalue weighted by molar-refractivity contribution is 0.171. The Labute approximate surface area is 157 Å². The van der Waals surface area contributed by atoms with Gasteiger partial charge < -0.3 is 24.3 Å². The Balaban J connectivity index is 0.00000196. The number of aromatic amines is 1. The van der Waals surface area contributed by atoms with Gasteiger partial charge in [0.05, 0.1) is 5.56 Å². The molecule has 0 amide bonds. The lowest BCUT2D eigenvalue weighted by atomic mass is 10.0. The van der Waals surface area contributed by atoms with Crippen LogP contribution in [0.3, 0.4) is 0 Å². The molecule has 138 valence electrons.